The van der Waals surface area contributed by atoms with Crippen LogP contribution in [-0.2, 0) is 15.5 Å². The normalized spacial score (nSPS) is 15.7. The second kappa shape index (κ2) is 8.36. The maximum Gasteiger partial charge on any atom is 0.266 e. The molecule has 6 heteroatoms. The van der Waals surface area contributed by atoms with E-state index in [9.17, 15) is 8.42 Å². The van der Waals surface area contributed by atoms with Gasteiger partial charge >= 0.3 is 0 Å². The summed E-state index contributed by atoms with van der Waals surface area (Å²) in [5.74, 6) is -0.276. The summed E-state index contributed by atoms with van der Waals surface area (Å²) in [5, 5.41) is 0. The molecule has 0 amide bonds. The third-order valence-electron chi connectivity index (χ3n) is 5.98. The third-order valence-corrected chi connectivity index (χ3v) is 6.68. The van der Waals surface area contributed by atoms with Crippen molar-refractivity contribution in [3.63, 3.8) is 0 Å². The Morgan fingerprint density at radius 3 is 2.43 bits per heavy atom. The Balaban J connectivity index is 1.85. The van der Waals surface area contributed by atoms with E-state index in [1.165, 1.54) is 17.0 Å². The number of rotatable bonds is 7. The van der Waals surface area contributed by atoms with Gasteiger partial charge in [0.05, 0.1) is 11.2 Å². The topological polar surface area (TPSA) is 60.6 Å². The lowest BCUT2D eigenvalue weighted by atomic mass is 9.81. The molecule has 0 bridgehead atoms. The molecule has 1 aliphatic rings. The van der Waals surface area contributed by atoms with Gasteiger partial charge in [0.15, 0.2) is 5.71 Å². The smallest absolute Gasteiger partial charge is 0.266 e. The second-order valence-electron chi connectivity index (χ2n) is 8.33. The first-order valence-corrected chi connectivity index (χ1v) is 11.8. The van der Waals surface area contributed by atoms with Crippen molar-refractivity contribution >= 4 is 33.3 Å². The zero-order chi connectivity index (χ0) is 22.1. The lowest BCUT2D eigenvalue weighted by molar-refractivity contribution is -0.401. The van der Waals surface area contributed by atoms with Crippen LogP contribution in [0.4, 0.5) is 11.4 Å². The molecule has 0 saturated carbocycles. The lowest BCUT2D eigenvalue weighted by Gasteiger charge is -2.23. The van der Waals surface area contributed by atoms with Crippen molar-refractivity contribution in [1.82, 2.24) is 0 Å². The van der Waals surface area contributed by atoms with Gasteiger partial charge < -0.3 is 4.90 Å². The summed E-state index contributed by atoms with van der Waals surface area (Å²) in [7, 11) is -1.86. The summed E-state index contributed by atoms with van der Waals surface area (Å²) < 4.78 is 33.5. The Morgan fingerprint density at radius 1 is 1.13 bits per heavy atom. The number of benzene rings is 2. The van der Waals surface area contributed by atoms with Gasteiger partial charge in [0, 0.05) is 36.5 Å². The number of nitrogens with zero attached hydrogens (tertiary/aromatic N) is 2. The van der Waals surface area contributed by atoms with E-state index in [4.69, 9.17) is 4.55 Å². The predicted octanol–water partition coefficient (Wildman–Crippen LogP) is 4.43. The van der Waals surface area contributed by atoms with Crippen molar-refractivity contribution in [3.05, 3.63) is 65.2 Å². The summed E-state index contributed by atoms with van der Waals surface area (Å²) in [6.07, 6.45) is 4.34. The average molecular weight is 428 g/mol. The molecule has 0 radical (unpaired) electrons. The minimum Gasteiger partial charge on any atom is -0.371 e. The Labute approximate surface area is 180 Å². The van der Waals surface area contributed by atoms with Gasteiger partial charge in [-0.2, -0.15) is 13.0 Å². The van der Waals surface area contributed by atoms with E-state index in [1.54, 1.807) is 0 Å². The van der Waals surface area contributed by atoms with Gasteiger partial charge in [-0.25, -0.2) is 0 Å². The average Bonchev–Trinajstić information content (AvgIpc) is 2.87. The summed E-state index contributed by atoms with van der Waals surface area (Å²) in [4.78, 5) is 1.95. The van der Waals surface area contributed by atoms with Crippen molar-refractivity contribution in [2.45, 2.75) is 33.1 Å². The maximum absolute atomic E-state index is 11.1. The van der Waals surface area contributed by atoms with E-state index in [0.717, 1.165) is 16.8 Å². The van der Waals surface area contributed by atoms with Crippen molar-refractivity contribution in [3.8, 4) is 0 Å². The van der Waals surface area contributed by atoms with Crippen LogP contribution >= 0.6 is 0 Å². The van der Waals surface area contributed by atoms with Crippen molar-refractivity contribution in [2.24, 2.45) is 0 Å². The van der Waals surface area contributed by atoms with Gasteiger partial charge in [0.2, 0.25) is 5.69 Å². The van der Waals surface area contributed by atoms with Crippen LogP contribution in [0.15, 0.2) is 48.5 Å². The number of aryl methyl sites for hydroxylation is 1. The summed E-state index contributed by atoms with van der Waals surface area (Å²) >= 11 is 0. The minimum absolute atomic E-state index is 0.0650. The highest BCUT2D eigenvalue weighted by Crippen LogP contribution is 2.39. The third kappa shape index (κ3) is 4.50. The van der Waals surface area contributed by atoms with E-state index >= 15 is 0 Å². The molecule has 0 fully saturated rings. The zero-order valence-corrected chi connectivity index (χ0v) is 19.2. The molecule has 5 nitrogen and oxygen atoms in total. The molecule has 1 heterocycles. The standard InChI is InChI=1S/C24H30N2O3S/c1-6-26(15-16-30(27,28)29)20-13-11-19(18(2)17-20)12-14-23-24(3,4)21-9-7-8-10-22(21)25(23)5/h7-14,17H,6,15-16H2,1-5H3/p+1. The molecule has 0 spiro atoms. The number of fused-ring (bicyclic) bond motifs is 1. The maximum atomic E-state index is 11.1. The molecule has 0 atom stereocenters. The fourth-order valence-electron chi connectivity index (χ4n) is 4.21. The van der Waals surface area contributed by atoms with Crippen LogP contribution in [0.5, 0.6) is 0 Å². The molecular formula is C24H31N2O3S+. The van der Waals surface area contributed by atoms with Crippen molar-refractivity contribution in [2.75, 3.05) is 30.8 Å². The van der Waals surface area contributed by atoms with Gasteiger partial charge in [-0.05, 0) is 57.0 Å². The molecule has 160 valence electrons. The first-order chi connectivity index (χ1) is 14.0. The highest BCUT2D eigenvalue weighted by atomic mass is 32.2. The molecular weight excluding hydrogens is 396 g/mol. The quantitative estimate of drug-likeness (QED) is 0.525. The molecule has 1 N–H and O–H groups in total. The monoisotopic (exact) mass is 427 g/mol. The molecule has 0 unspecified atom stereocenters. The van der Waals surface area contributed by atoms with Crippen LogP contribution in [0.2, 0.25) is 0 Å². The van der Waals surface area contributed by atoms with Gasteiger partial charge in [0.1, 0.15) is 7.05 Å². The number of anilines is 1. The largest absolute Gasteiger partial charge is 0.371 e. The summed E-state index contributed by atoms with van der Waals surface area (Å²) in [6, 6.07) is 14.6. The fraction of sp³-hybridized carbons (Fsp3) is 0.375. The van der Waals surface area contributed by atoms with E-state index < -0.39 is 10.1 Å². The van der Waals surface area contributed by atoms with Gasteiger partial charge in [-0.3, -0.25) is 4.55 Å². The van der Waals surface area contributed by atoms with Gasteiger partial charge in [0.25, 0.3) is 10.1 Å². The Morgan fingerprint density at radius 2 is 1.83 bits per heavy atom. The number of allylic oxidation sites excluding steroid dienone is 1. The number of hydrogen-bond donors (Lipinski definition) is 1. The molecule has 0 aliphatic carbocycles. The number of para-hydroxylation sites is 1. The molecule has 2 aromatic rings. The molecule has 0 aromatic heterocycles. The summed E-state index contributed by atoms with van der Waals surface area (Å²) in [5.41, 5.74) is 6.95. The zero-order valence-electron chi connectivity index (χ0n) is 18.4. The van der Waals surface area contributed by atoms with Crippen molar-refractivity contribution in [1.29, 1.82) is 0 Å². The van der Waals surface area contributed by atoms with E-state index in [0.29, 0.717) is 6.54 Å². The Bertz CT molecular complexity index is 1120. The van der Waals surface area contributed by atoms with Gasteiger partial charge in [-0.15, -0.1) is 0 Å². The van der Waals surface area contributed by atoms with Crippen LogP contribution < -0.4 is 4.90 Å². The molecule has 1 aliphatic heterocycles. The van der Waals surface area contributed by atoms with E-state index in [2.05, 4.69) is 80.9 Å². The minimum atomic E-state index is -3.97. The highest BCUT2D eigenvalue weighted by molar-refractivity contribution is 7.85. The first kappa shape index (κ1) is 22.2. The Kier molecular flexibility index (Phi) is 6.20. The molecule has 0 saturated heterocycles. The SMILES string of the molecule is CCN(CCS(=O)(=O)O)c1ccc(C=CC2=[N+](C)c3ccccc3C2(C)C)c(C)c1. The van der Waals surface area contributed by atoms with Gasteiger partial charge in [-0.1, -0.05) is 24.3 Å². The van der Waals surface area contributed by atoms with Crippen LogP contribution in [0.25, 0.3) is 6.08 Å². The van der Waals surface area contributed by atoms with E-state index in [1.807, 2.05) is 17.9 Å². The molecule has 30 heavy (non-hydrogen) atoms. The first-order valence-electron chi connectivity index (χ1n) is 10.2. The molecule has 3 rings (SSSR count). The van der Waals surface area contributed by atoms with Crippen LogP contribution in [-0.4, -0.2) is 49.1 Å². The summed E-state index contributed by atoms with van der Waals surface area (Å²) in [6.45, 7) is 9.46. The van der Waals surface area contributed by atoms with Crippen LogP contribution in [0.3, 0.4) is 0 Å². The number of hydrogen-bond acceptors (Lipinski definition) is 3. The highest BCUT2D eigenvalue weighted by Gasteiger charge is 2.42. The molecule has 2 aromatic carbocycles. The predicted molar refractivity (Wildman–Crippen MR) is 125 cm³/mol. The van der Waals surface area contributed by atoms with Crippen LogP contribution in [0, 0.1) is 6.92 Å². The van der Waals surface area contributed by atoms with Crippen LogP contribution in [0.1, 0.15) is 37.5 Å². The van der Waals surface area contributed by atoms with Crippen molar-refractivity contribution < 1.29 is 17.5 Å². The lowest BCUT2D eigenvalue weighted by Crippen LogP contribution is -2.29. The van der Waals surface area contributed by atoms with E-state index in [-0.39, 0.29) is 17.7 Å². The Hall–Kier alpha value is -2.44. The fourth-order valence-corrected chi connectivity index (χ4v) is 4.66. The second-order valence-corrected chi connectivity index (χ2v) is 9.90.